The Morgan fingerprint density at radius 2 is 1.88 bits per heavy atom. The average molecular weight is 369 g/mol. The summed E-state index contributed by atoms with van der Waals surface area (Å²) in [5, 5.41) is 12.6. The molecule has 3 aromatic rings. The summed E-state index contributed by atoms with van der Waals surface area (Å²) in [6, 6.07) is 13.4. The molecule has 0 fully saturated rings. The van der Waals surface area contributed by atoms with Crippen molar-refractivity contribution in [2.75, 3.05) is 5.32 Å². The van der Waals surface area contributed by atoms with Crippen LogP contribution in [0.4, 0.5) is 10.5 Å². The van der Waals surface area contributed by atoms with Crippen molar-refractivity contribution < 1.29 is 19.4 Å². The molecule has 2 aromatic carbocycles. The number of anilines is 1. The number of carbonyl (C=O) groups is 2. The molecule has 7 nitrogen and oxygen atoms in total. The predicted octanol–water partition coefficient (Wildman–Crippen LogP) is 3.01. The van der Waals surface area contributed by atoms with E-state index < -0.39 is 6.09 Å². The van der Waals surface area contributed by atoms with Crippen molar-refractivity contribution in [1.29, 1.82) is 0 Å². The average Bonchev–Trinajstić information content (AvgIpc) is 3.12. The van der Waals surface area contributed by atoms with E-state index in [4.69, 9.17) is 15.6 Å². The first kappa shape index (κ1) is 17.6. The molecular formula is C18H15N3O4S. The quantitative estimate of drug-likeness (QED) is 0.639. The number of thiazole rings is 1. The monoisotopic (exact) mass is 369 g/mol. The fraction of sp³-hybridized carbons (Fsp3) is 0.0556. The van der Waals surface area contributed by atoms with Gasteiger partial charge in [0.05, 0.1) is 17.2 Å². The Kier molecular flexibility index (Phi) is 5.26. The molecule has 0 aliphatic heterocycles. The summed E-state index contributed by atoms with van der Waals surface area (Å²) in [6.07, 6.45) is 0.665. The summed E-state index contributed by atoms with van der Waals surface area (Å²) in [6.45, 7) is -0.0507. The zero-order chi connectivity index (χ0) is 18.5. The maximum absolute atomic E-state index is 12.4. The number of nitrogens with zero attached hydrogens (tertiary/aromatic N) is 1. The molecule has 0 spiro atoms. The molecule has 2 amide bonds. The number of hydrogen-bond donors (Lipinski definition) is 3. The Balaban J connectivity index is 1.75. The van der Waals surface area contributed by atoms with Gasteiger partial charge in [-0.2, -0.15) is 0 Å². The molecule has 1 heterocycles. The van der Waals surface area contributed by atoms with Gasteiger partial charge in [0, 0.05) is 17.3 Å². The van der Waals surface area contributed by atoms with Crippen LogP contribution in [0.1, 0.15) is 15.2 Å². The Labute approximate surface area is 153 Å². The number of carbonyl (C=O) groups excluding carboxylic acids is 2. The molecule has 132 valence electrons. The SMILES string of the molecule is NC(=O)Oc1ccccc1NC(=O)c1ccc(-c2ncc(CO)s2)cc1. The van der Waals surface area contributed by atoms with Gasteiger partial charge in [-0.1, -0.05) is 24.3 Å². The lowest BCUT2D eigenvalue weighted by Crippen LogP contribution is -2.18. The number of rotatable bonds is 5. The van der Waals surface area contributed by atoms with E-state index in [9.17, 15) is 9.59 Å². The van der Waals surface area contributed by atoms with Gasteiger partial charge < -0.3 is 20.9 Å². The van der Waals surface area contributed by atoms with Crippen molar-refractivity contribution in [2.45, 2.75) is 6.61 Å². The summed E-state index contributed by atoms with van der Waals surface area (Å²) in [5.41, 5.74) is 6.65. The number of primary amides is 1. The summed E-state index contributed by atoms with van der Waals surface area (Å²) >= 11 is 1.39. The Morgan fingerprint density at radius 1 is 1.15 bits per heavy atom. The zero-order valence-electron chi connectivity index (χ0n) is 13.5. The van der Waals surface area contributed by atoms with Crippen molar-refractivity contribution in [1.82, 2.24) is 4.98 Å². The van der Waals surface area contributed by atoms with Gasteiger partial charge in [0.1, 0.15) is 5.01 Å². The highest BCUT2D eigenvalue weighted by Crippen LogP contribution is 2.27. The lowest BCUT2D eigenvalue weighted by Gasteiger charge is -2.10. The van der Waals surface area contributed by atoms with E-state index in [2.05, 4.69) is 10.3 Å². The Hall–Kier alpha value is -3.23. The minimum absolute atomic E-state index is 0.0507. The van der Waals surface area contributed by atoms with Gasteiger partial charge in [0.2, 0.25) is 0 Å². The second kappa shape index (κ2) is 7.77. The lowest BCUT2D eigenvalue weighted by molar-refractivity contribution is 0.102. The fourth-order valence-corrected chi connectivity index (χ4v) is 3.02. The molecule has 0 atom stereocenters. The van der Waals surface area contributed by atoms with Gasteiger partial charge in [-0.25, -0.2) is 9.78 Å². The van der Waals surface area contributed by atoms with Crippen LogP contribution in [0.25, 0.3) is 10.6 Å². The molecule has 0 aliphatic rings. The molecular weight excluding hydrogens is 354 g/mol. The lowest BCUT2D eigenvalue weighted by atomic mass is 10.1. The van der Waals surface area contributed by atoms with Gasteiger partial charge in [0.15, 0.2) is 5.75 Å². The number of aromatic nitrogens is 1. The van der Waals surface area contributed by atoms with Crippen molar-refractivity contribution in [3.05, 3.63) is 65.2 Å². The molecule has 0 saturated heterocycles. The number of nitrogens with one attached hydrogen (secondary N) is 1. The van der Waals surface area contributed by atoms with Gasteiger partial charge in [-0.3, -0.25) is 4.79 Å². The summed E-state index contributed by atoms with van der Waals surface area (Å²) in [4.78, 5) is 28.4. The number of hydrogen-bond acceptors (Lipinski definition) is 6. The van der Waals surface area contributed by atoms with Crippen LogP contribution in [0.3, 0.4) is 0 Å². The van der Waals surface area contributed by atoms with Crippen LogP contribution in [-0.2, 0) is 6.61 Å². The van der Waals surface area contributed by atoms with Crippen LogP contribution in [0.5, 0.6) is 5.75 Å². The van der Waals surface area contributed by atoms with E-state index >= 15 is 0 Å². The molecule has 1 aromatic heterocycles. The normalized spacial score (nSPS) is 10.3. The van der Waals surface area contributed by atoms with Crippen LogP contribution >= 0.6 is 11.3 Å². The van der Waals surface area contributed by atoms with E-state index in [1.165, 1.54) is 17.4 Å². The number of amides is 2. The Bertz CT molecular complexity index is 938. The summed E-state index contributed by atoms with van der Waals surface area (Å²) in [7, 11) is 0. The topological polar surface area (TPSA) is 115 Å². The number of para-hydroxylation sites is 2. The third-order valence-electron chi connectivity index (χ3n) is 3.45. The highest BCUT2D eigenvalue weighted by Gasteiger charge is 2.12. The highest BCUT2D eigenvalue weighted by atomic mass is 32.1. The van der Waals surface area contributed by atoms with Gasteiger partial charge in [0.25, 0.3) is 5.91 Å². The first-order chi connectivity index (χ1) is 12.6. The largest absolute Gasteiger partial charge is 0.410 e. The molecule has 8 heteroatoms. The third kappa shape index (κ3) is 4.05. The number of benzene rings is 2. The molecule has 3 rings (SSSR count). The molecule has 26 heavy (non-hydrogen) atoms. The second-order valence-electron chi connectivity index (χ2n) is 5.24. The molecule has 0 radical (unpaired) electrons. The highest BCUT2D eigenvalue weighted by molar-refractivity contribution is 7.15. The van der Waals surface area contributed by atoms with E-state index in [0.29, 0.717) is 11.3 Å². The minimum atomic E-state index is -0.957. The molecule has 0 unspecified atom stereocenters. The molecule has 0 saturated carbocycles. The maximum Gasteiger partial charge on any atom is 0.410 e. The van der Waals surface area contributed by atoms with Gasteiger partial charge in [-0.15, -0.1) is 11.3 Å². The van der Waals surface area contributed by atoms with Crippen molar-refractivity contribution in [3.8, 4) is 16.3 Å². The van der Waals surface area contributed by atoms with Crippen molar-refractivity contribution >= 4 is 29.0 Å². The van der Waals surface area contributed by atoms with E-state index in [0.717, 1.165) is 15.4 Å². The van der Waals surface area contributed by atoms with Crippen LogP contribution in [-0.4, -0.2) is 22.1 Å². The van der Waals surface area contributed by atoms with Crippen LogP contribution in [0.2, 0.25) is 0 Å². The Morgan fingerprint density at radius 3 is 2.54 bits per heavy atom. The minimum Gasteiger partial charge on any atom is -0.408 e. The third-order valence-corrected chi connectivity index (χ3v) is 4.48. The number of ether oxygens (including phenoxy) is 1. The van der Waals surface area contributed by atoms with Crippen LogP contribution in [0, 0.1) is 0 Å². The van der Waals surface area contributed by atoms with Gasteiger partial charge in [-0.05, 0) is 24.3 Å². The van der Waals surface area contributed by atoms with E-state index in [1.807, 2.05) is 0 Å². The van der Waals surface area contributed by atoms with Gasteiger partial charge >= 0.3 is 6.09 Å². The number of nitrogens with two attached hydrogens (primary N) is 1. The van der Waals surface area contributed by atoms with E-state index in [1.54, 1.807) is 48.7 Å². The first-order valence-corrected chi connectivity index (χ1v) is 8.42. The predicted molar refractivity (Wildman–Crippen MR) is 98.1 cm³/mol. The van der Waals surface area contributed by atoms with Crippen molar-refractivity contribution in [2.24, 2.45) is 5.73 Å². The summed E-state index contributed by atoms with van der Waals surface area (Å²) in [5.74, 6) is -0.184. The van der Waals surface area contributed by atoms with Crippen molar-refractivity contribution in [3.63, 3.8) is 0 Å². The number of aliphatic hydroxyl groups is 1. The fourth-order valence-electron chi connectivity index (χ4n) is 2.24. The zero-order valence-corrected chi connectivity index (χ0v) is 14.3. The first-order valence-electron chi connectivity index (χ1n) is 7.60. The molecule has 4 N–H and O–H groups in total. The summed E-state index contributed by atoms with van der Waals surface area (Å²) < 4.78 is 4.87. The standard InChI is InChI=1S/C18H15N3O4S/c19-18(24)25-15-4-2-1-3-14(15)21-16(23)11-5-7-12(8-6-11)17-20-9-13(10-22)26-17/h1-9,22H,10H2,(H2,19,24)(H,21,23). The van der Waals surface area contributed by atoms with E-state index in [-0.39, 0.29) is 18.3 Å². The smallest absolute Gasteiger partial charge is 0.408 e. The molecule has 0 aliphatic carbocycles. The number of aliphatic hydroxyl groups excluding tert-OH is 1. The molecule has 0 bridgehead atoms. The second-order valence-corrected chi connectivity index (χ2v) is 6.35. The van der Waals surface area contributed by atoms with Crippen LogP contribution in [0.15, 0.2) is 54.7 Å². The van der Waals surface area contributed by atoms with Crippen LogP contribution < -0.4 is 15.8 Å². The maximum atomic E-state index is 12.4.